The minimum Gasteiger partial charge on any atom is -0.268 e. The lowest BCUT2D eigenvalue weighted by atomic mass is 10.1. The maximum absolute atomic E-state index is 12.6. The van der Waals surface area contributed by atoms with E-state index in [4.69, 9.17) is 11.6 Å². The summed E-state index contributed by atoms with van der Waals surface area (Å²) < 4.78 is 27.7. The van der Waals surface area contributed by atoms with Gasteiger partial charge >= 0.3 is 0 Å². The molecule has 1 aromatic heterocycles. The molecule has 0 atom stereocenters. The van der Waals surface area contributed by atoms with Crippen molar-refractivity contribution in [3.8, 4) is 11.3 Å². The summed E-state index contributed by atoms with van der Waals surface area (Å²) in [6.07, 6.45) is 0. The van der Waals surface area contributed by atoms with E-state index in [9.17, 15) is 13.2 Å². The standard InChI is InChI=1S/C17H14ClN3O3S/c18-14-7-6-13(15-8-9-17(22)21-20-15)10-16(14)25(23,24)19-11-12-4-2-1-3-5-12/h1-10,19H,11H2,(H,21,22). The first-order chi connectivity index (χ1) is 12.0. The van der Waals surface area contributed by atoms with Gasteiger partial charge in [-0.3, -0.25) is 4.79 Å². The Kier molecular flexibility index (Phi) is 4.98. The maximum atomic E-state index is 12.6. The summed E-state index contributed by atoms with van der Waals surface area (Å²) in [5.41, 5.74) is 1.47. The molecule has 0 aliphatic heterocycles. The largest absolute Gasteiger partial charge is 0.268 e. The van der Waals surface area contributed by atoms with E-state index in [0.29, 0.717) is 11.3 Å². The fourth-order valence-electron chi connectivity index (χ4n) is 2.23. The number of halogens is 1. The van der Waals surface area contributed by atoms with Crippen LogP contribution in [0.25, 0.3) is 11.3 Å². The minimum absolute atomic E-state index is 0.0457. The first-order valence-corrected chi connectivity index (χ1v) is 9.21. The Hall–Kier alpha value is -2.48. The molecule has 2 N–H and O–H groups in total. The van der Waals surface area contributed by atoms with Gasteiger partial charge in [-0.15, -0.1) is 0 Å². The molecule has 0 aliphatic carbocycles. The zero-order valence-corrected chi connectivity index (χ0v) is 14.5. The first kappa shape index (κ1) is 17.3. The van der Waals surface area contributed by atoms with Crippen molar-refractivity contribution < 1.29 is 8.42 Å². The Morgan fingerprint density at radius 3 is 2.48 bits per heavy atom. The van der Waals surface area contributed by atoms with Crippen LogP contribution in [-0.4, -0.2) is 18.6 Å². The summed E-state index contributed by atoms with van der Waals surface area (Å²) in [4.78, 5) is 11.1. The Morgan fingerprint density at radius 2 is 1.80 bits per heavy atom. The van der Waals surface area contributed by atoms with Crippen LogP contribution < -0.4 is 10.3 Å². The highest BCUT2D eigenvalue weighted by Gasteiger charge is 2.19. The van der Waals surface area contributed by atoms with Crippen LogP contribution in [0.5, 0.6) is 0 Å². The molecule has 0 amide bonds. The summed E-state index contributed by atoms with van der Waals surface area (Å²) in [6, 6.07) is 16.5. The summed E-state index contributed by atoms with van der Waals surface area (Å²) in [6.45, 7) is 0.153. The molecule has 2 aromatic carbocycles. The van der Waals surface area contributed by atoms with Crippen LogP contribution in [0.2, 0.25) is 5.02 Å². The molecule has 128 valence electrons. The predicted molar refractivity (Wildman–Crippen MR) is 95.8 cm³/mol. The molecule has 0 bridgehead atoms. The van der Waals surface area contributed by atoms with Crippen LogP contribution in [-0.2, 0) is 16.6 Å². The molecule has 0 spiro atoms. The number of nitrogens with zero attached hydrogens (tertiary/aromatic N) is 1. The Bertz CT molecular complexity index is 1030. The van der Waals surface area contributed by atoms with Gasteiger partial charge in [-0.25, -0.2) is 18.2 Å². The fraction of sp³-hybridized carbons (Fsp3) is 0.0588. The lowest BCUT2D eigenvalue weighted by Crippen LogP contribution is -2.23. The first-order valence-electron chi connectivity index (χ1n) is 7.35. The predicted octanol–water partition coefficient (Wildman–Crippen LogP) is 2.57. The molecule has 0 saturated carbocycles. The molecule has 0 radical (unpaired) electrons. The molecule has 0 saturated heterocycles. The van der Waals surface area contributed by atoms with Gasteiger partial charge in [-0.1, -0.05) is 48.0 Å². The number of aromatic amines is 1. The van der Waals surface area contributed by atoms with Crippen molar-refractivity contribution in [1.82, 2.24) is 14.9 Å². The van der Waals surface area contributed by atoms with Gasteiger partial charge in [-0.2, -0.15) is 5.10 Å². The fourth-order valence-corrected chi connectivity index (χ4v) is 3.77. The number of nitrogens with one attached hydrogen (secondary N) is 2. The third-order valence-electron chi connectivity index (χ3n) is 3.50. The second kappa shape index (κ2) is 7.18. The number of hydrogen-bond acceptors (Lipinski definition) is 4. The second-order valence-corrected chi connectivity index (χ2v) is 7.40. The van der Waals surface area contributed by atoms with E-state index in [2.05, 4.69) is 14.9 Å². The minimum atomic E-state index is -3.81. The zero-order valence-electron chi connectivity index (χ0n) is 12.9. The van der Waals surface area contributed by atoms with Crippen LogP contribution in [0.15, 0.2) is 70.4 Å². The second-order valence-electron chi connectivity index (χ2n) is 5.26. The van der Waals surface area contributed by atoms with E-state index in [1.165, 1.54) is 24.3 Å². The van der Waals surface area contributed by atoms with Crippen LogP contribution in [0, 0.1) is 0 Å². The summed E-state index contributed by atoms with van der Waals surface area (Å²) in [7, 11) is -3.81. The smallest absolute Gasteiger partial charge is 0.264 e. The molecular formula is C17H14ClN3O3S. The van der Waals surface area contributed by atoms with E-state index < -0.39 is 10.0 Å². The number of H-pyrrole nitrogens is 1. The van der Waals surface area contributed by atoms with E-state index in [1.54, 1.807) is 6.07 Å². The summed E-state index contributed by atoms with van der Waals surface area (Å²) in [5.74, 6) is 0. The molecule has 0 fully saturated rings. The number of aromatic nitrogens is 2. The van der Waals surface area contributed by atoms with Gasteiger partial charge in [0.2, 0.25) is 10.0 Å². The van der Waals surface area contributed by atoms with E-state index in [0.717, 1.165) is 5.56 Å². The van der Waals surface area contributed by atoms with Gasteiger partial charge in [0.25, 0.3) is 5.56 Å². The average Bonchev–Trinajstić information content (AvgIpc) is 2.62. The van der Waals surface area contributed by atoms with E-state index >= 15 is 0 Å². The molecule has 25 heavy (non-hydrogen) atoms. The number of hydrogen-bond donors (Lipinski definition) is 2. The molecule has 6 nitrogen and oxygen atoms in total. The van der Waals surface area contributed by atoms with Gasteiger partial charge in [0.15, 0.2) is 0 Å². The van der Waals surface area contributed by atoms with Crippen LogP contribution in [0.3, 0.4) is 0 Å². The van der Waals surface area contributed by atoms with E-state index in [1.807, 2.05) is 30.3 Å². The summed E-state index contributed by atoms with van der Waals surface area (Å²) >= 11 is 6.08. The van der Waals surface area contributed by atoms with Crippen molar-refractivity contribution in [3.05, 3.63) is 81.6 Å². The highest BCUT2D eigenvalue weighted by Crippen LogP contribution is 2.27. The highest BCUT2D eigenvalue weighted by atomic mass is 35.5. The van der Waals surface area contributed by atoms with Gasteiger partial charge in [0, 0.05) is 18.2 Å². The molecule has 8 heteroatoms. The van der Waals surface area contributed by atoms with Crippen LogP contribution >= 0.6 is 11.6 Å². The molecule has 3 rings (SSSR count). The molecule has 0 unspecified atom stereocenters. The third-order valence-corrected chi connectivity index (χ3v) is 5.39. The van der Waals surface area contributed by atoms with Crippen LogP contribution in [0.1, 0.15) is 5.56 Å². The van der Waals surface area contributed by atoms with Gasteiger partial charge < -0.3 is 0 Å². The van der Waals surface area contributed by atoms with Gasteiger partial charge in [-0.05, 0) is 23.8 Å². The van der Waals surface area contributed by atoms with Crippen molar-refractivity contribution in [1.29, 1.82) is 0 Å². The van der Waals surface area contributed by atoms with E-state index in [-0.39, 0.29) is 22.0 Å². The zero-order chi connectivity index (χ0) is 17.9. The maximum Gasteiger partial charge on any atom is 0.264 e. The Morgan fingerprint density at radius 1 is 1.04 bits per heavy atom. The summed E-state index contributed by atoms with van der Waals surface area (Å²) in [5, 5.41) is 6.32. The molecular weight excluding hydrogens is 362 g/mol. The van der Waals surface area contributed by atoms with Crippen molar-refractivity contribution in [2.45, 2.75) is 11.4 Å². The quantitative estimate of drug-likeness (QED) is 0.716. The number of sulfonamides is 1. The monoisotopic (exact) mass is 375 g/mol. The normalized spacial score (nSPS) is 11.4. The van der Waals surface area contributed by atoms with Gasteiger partial charge in [0.1, 0.15) is 4.90 Å². The highest BCUT2D eigenvalue weighted by molar-refractivity contribution is 7.89. The van der Waals surface area contributed by atoms with Crippen molar-refractivity contribution in [3.63, 3.8) is 0 Å². The SMILES string of the molecule is O=c1ccc(-c2ccc(Cl)c(S(=O)(=O)NCc3ccccc3)c2)n[nH]1. The third kappa shape index (κ3) is 4.14. The van der Waals surface area contributed by atoms with Crippen molar-refractivity contribution in [2.24, 2.45) is 0 Å². The van der Waals surface area contributed by atoms with Crippen molar-refractivity contribution >= 4 is 21.6 Å². The Balaban J connectivity index is 1.91. The molecule has 3 aromatic rings. The Labute approximate surface area is 149 Å². The lowest BCUT2D eigenvalue weighted by Gasteiger charge is -2.10. The molecule has 1 heterocycles. The molecule has 0 aliphatic rings. The topological polar surface area (TPSA) is 91.9 Å². The number of benzene rings is 2. The van der Waals surface area contributed by atoms with Crippen LogP contribution in [0.4, 0.5) is 0 Å². The average molecular weight is 376 g/mol. The van der Waals surface area contributed by atoms with Gasteiger partial charge in [0.05, 0.1) is 10.7 Å². The lowest BCUT2D eigenvalue weighted by molar-refractivity contribution is 0.581. The van der Waals surface area contributed by atoms with Crippen molar-refractivity contribution in [2.75, 3.05) is 0 Å². The number of rotatable bonds is 5.